The first-order valence-electron chi connectivity index (χ1n) is 4.96. The molecule has 0 fully saturated rings. The van der Waals surface area contributed by atoms with Crippen LogP contribution in [0.1, 0.15) is 37.8 Å². The highest BCUT2D eigenvalue weighted by Gasteiger charge is 2.11. The van der Waals surface area contributed by atoms with Crippen molar-refractivity contribution in [3.05, 3.63) is 23.9 Å². The quantitative estimate of drug-likeness (QED) is 0.488. The summed E-state index contributed by atoms with van der Waals surface area (Å²) in [4.78, 5) is 4.04. The number of hydrogen-bond donors (Lipinski definition) is 3. The first-order valence-corrected chi connectivity index (χ1v) is 4.96. The maximum atomic E-state index is 5.76. The minimum absolute atomic E-state index is 0.114. The van der Waals surface area contributed by atoms with Crippen molar-refractivity contribution in [2.45, 2.75) is 32.2 Å². The van der Waals surface area contributed by atoms with Crippen molar-refractivity contribution in [2.75, 3.05) is 5.73 Å². The maximum Gasteiger partial charge on any atom is 0.128 e. The van der Waals surface area contributed by atoms with Gasteiger partial charge in [0.2, 0.25) is 0 Å². The van der Waals surface area contributed by atoms with Gasteiger partial charge in [-0.2, -0.15) is 0 Å². The number of hydrogen-bond acceptors (Lipinski definition) is 4. The molecule has 0 saturated carbocycles. The van der Waals surface area contributed by atoms with Crippen LogP contribution in [0.15, 0.2) is 18.3 Å². The van der Waals surface area contributed by atoms with Gasteiger partial charge in [-0.15, -0.1) is 0 Å². The monoisotopic (exact) mass is 194 g/mol. The molecule has 14 heavy (non-hydrogen) atoms. The average molecular weight is 194 g/mol. The summed E-state index contributed by atoms with van der Waals surface area (Å²) < 4.78 is 0. The standard InChI is InChI=1S/C10H18N4/c1-2-3-6-9(14-12)8-5-4-7-13-10(8)11/h4-5,7,9,14H,2-3,6,12H2,1H3,(H2,11,13). The van der Waals surface area contributed by atoms with Gasteiger partial charge in [0.25, 0.3) is 0 Å². The van der Waals surface area contributed by atoms with Crippen LogP contribution in [-0.2, 0) is 0 Å². The number of hydrazine groups is 1. The summed E-state index contributed by atoms with van der Waals surface area (Å²) in [6.45, 7) is 2.15. The number of nitrogens with one attached hydrogen (secondary N) is 1. The fraction of sp³-hybridized carbons (Fsp3) is 0.500. The van der Waals surface area contributed by atoms with Crippen molar-refractivity contribution in [2.24, 2.45) is 5.84 Å². The van der Waals surface area contributed by atoms with Crippen LogP contribution in [0.5, 0.6) is 0 Å². The highest BCUT2D eigenvalue weighted by molar-refractivity contribution is 5.40. The van der Waals surface area contributed by atoms with Crippen LogP contribution in [0.25, 0.3) is 0 Å². The number of nitrogens with two attached hydrogens (primary N) is 2. The van der Waals surface area contributed by atoms with Crippen LogP contribution in [0, 0.1) is 0 Å². The largest absolute Gasteiger partial charge is 0.383 e. The fourth-order valence-corrected chi connectivity index (χ4v) is 1.46. The summed E-state index contributed by atoms with van der Waals surface area (Å²) in [6, 6.07) is 3.95. The van der Waals surface area contributed by atoms with E-state index in [0.29, 0.717) is 5.82 Å². The molecular formula is C10H18N4. The summed E-state index contributed by atoms with van der Waals surface area (Å²) in [5, 5.41) is 0. The summed E-state index contributed by atoms with van der Waals surface area (Å²) in [7, 11) is 0. The lowest BCUT2D eigenvalue weighted by Crippen LogP contribution is -2.28. The first kappa shape index (κ1) is 10.9. The number of pyridine rings is 1. The second-order valence-corrected chi connectivity index (χ2v) is 3.34. The van der Waals surface area contributed by atoms with E-state index in [9.17, 15) is 0 Å². The Hall–Kier alpha value is -1.13. The molecule has 0 spiro atoms. The van der Waals surface area contributed by atoms with E-state index >= 15 is 0 Å². The van der Waals surface area contributed by atoms with E-state index in [-0.39, 0.29) is 6.04 Å². The van der Waals surface area contributed by atoms with Gasteiger partial charge in [-0.05, 0) is 12.5 Å². The zero-order valence-corrected chi connectivity index (χ0v) is 8.53. The Labute approximate surface area is 84.7 Å². The van der Waals surface area contributed by atoms with Crippen LogP contribution in [0.2, 0.25) is 0 Å². The van der Waals surface area contributed by atoms with Crippen molar-refractivity contribution in [1.29, 1.82) is 0 Å². The molecule has 0 aliphatic carbocycles. The average Bonchev–Trinajstić information content (AvgIpc) is 2.21. The van der Waals surface area contributed by atoms with E-state index in [1.54, 1.807) is 6.20 Å². The summed E-state index contributed by atoms with van der Waals surface area (Å²) >= 11 is 0. The third kappa shape index (κ3) is 2.68. The molecule has 78 valence electrons. The molecule has 5 N–H and O–H groups in total. The third-order valence-electron chi connectivity index (χ3n) is 2.29. The Balaban J connectivity index is 2.73. The Kier molecular flexibility index (Phi) is 4.35. The second kappa shape index (κ2) is 5.57. The van der Waals surface area contributed by atoms with Crippen LogP contribution >= 0.6 is 0 Å². The molecule has 0 saturated heterocycles. The van der Waals surface area contributed by atoms with Gasteiger partial charge in [0.05, 0.1) is 0 Å². The van der Waals surface area contributed by atoms with E-state index < -0.39 is 0 Å². The van der Waals surface area contributed by atoms with Crippen molar-refractivity contribution in [3.63, 3.8) is 0 Å². The smallest absolute Gasteiger partial charge is 0.128 e. The molecule has 1 aromatic heterocycles. The lowest BCUT2D eigenvalue weighted by molar-refractivity contribution is 0.495. The van der Waals surface area contributed by atoms with E-state index in [1.165, 1.54) is 0 Å². The molecule has 0 bridgehead atoms. The normalized spacial score (nSPS) is 12.7. The maximum absolute atomic E-state index is 5.76. The lowest BCUT2D eigenvalue weighted by atomic mass is 10.0. The van der Waals surface area contributed by atoms with Gasteiger partial charge in [-0.25, -0.2) is 4.98 Å². The molecule has 1 rings (SSSR count). The molecule has 0 aliphatic rings. The van der Waals surface area contributed by atoms with Crippen molar-refractivity contribution >= 4 is 5.82 Å². The number of aromatic nitrogens is 1. The highest BCUT2D eigenvalue weighted by atomic mass is 15.2. The number of unbranched alkanes of at least 4 members (excludes halogenated alkanes) is 1. The molecule has 4 nitrogen and oxygen atoms in total. The fourth-order valence-electron chi connectivity index (χ4n) is 1.46. The molecule has 1 unspecified atom stereocenters. The molecule has 0 radical (unpaired) electrons. The number of nitrogen functional groups attached to an aromatic ring is 1. The van der Waals surface area contributed by atoms with Crippen molar-refractivity contribution in [1.82, 2.24) is 10.4 Å². The topological polar surface area (TPSA) is 77.0 Å². The van der Waals surface area contributed by atoms with Gasteiger partial charge in [0.1, 0.15) is 5.82 Å². The number of nitrogens with zero attached hydrogens (tertiary/aromatic N) is 1. The SMILES string of the molecule is CCCCC(NN)c1cccnc1N. The molecule has 1 atom stereocenters. The van der Waals surface area contributed by atoms with Gasteiger partial charge in [-0.1, -0.05) is 25.8 Å². The highest BCUT2D eigenvalue weighted by Crippen LogP contribution is 2.21. The second-order valence-electron chi connectivity index (χ2n) is 3.34. The molecule has 1 aromatic rings. The molecule has 0 amide bonds. The summed E-state index contributed by atoms with van der Waals surface area (Å²) in [5.74, 6) is 6.04. The van der Waals surface area contributed by atoms with Crippen LogP contribution in [-0.4, -0.2) is 4.98 Å². The van der Waals surface area contributed by atoms with Gasteiger partial charge >= 0.3 is 0 Å². The summed E-state index contributed by atoms with van der Waals surface area (Å²) in [5.41, 5.74) is 9.53. The van der Waals surface area contributed by atoms with E-state index in [2.05, 4.69) is 17.3 Å². The predicted octanol–water partition coefficient (Wildman–Crippen LogP) is 1.36. The third-order valence-corrected chi connectivity index (χ3v) is 2.29. The van der Waals surface area contributed by atoms with Crippen molar-refractivity contribution < 1.29 is 0 Å². The van der Waals surface area contributed by atoms with Gasteiger partial charge < -0.3 is 5.73 Å². The Morgan fingerprint density at radius 2 is 2.36 bits per heavy atom. The Morgan fingerprint density at radius 3 is 2.93 bits per heavy atom. The molecule has 0 aromatic carbocycles. The van der Waals surface area contributed by atoms with E-state index in [1.807, 2.05) is 12.1 Å². The summed E-state index contributed by atoms with van der Waals surface area (Å²) in [6.07, 6.45) is 4.96. The lowest BCUT2D eigenvalue weighted by Gasteiger charge is -2.16. The molecule has 4 heteroatoms. The minimum atomic E-state index is 0.114. The van der Waals surface area contributed by atoms with Gasteiger partial charge in [-0.3, -0.25) is 11.3 Å². The van der Waals surface area contributed by atoms with Crippen LogP contribution < -0.4 is 17.0 Å². The molecule has 0 aliphatic heterocycles. The number of anilines is 1. The Bertz CT molecular complexity index is 275. The van der Waals surface area contributed by atoms with E-state index in [4.69, 9.17) is 11.6 Å². The Morgan fingerprint density at radius 1 is 1.57 bits per heavy atom. The van der Waals surface area contributed by atoms with Crippen LogP contribution in [0.4, 0.5) is 5.82 Å². The zero-order chi connectivity index (χ0) is 10.4. The van der Waals surface area contributed by atoms with E-state index in [0.717, 1.165) is 24.8 Å². The van der Waals surface area contributed by atoms with Gasteiger partial charge in [0.15, 0.2) is 0 Å². The van der Waals surface area contributed by atoms with Gasteiger partial charge in [0, 0.05) is 17.8 Å². The molecule has 1 heterocycles. The predicted molar refractivity (Wildman–Crippen MR) is 58.2 cm³/mol. The molecular weight excluding hydrogens is 176 g/mol. The minimum Gasteiger partial charge on any atom is -0.383 e. The van der Waals surface area contributed by atoms with Crippen LogP contribution in [0.3, 0.4) is 0 Å². The van der Waals surface area contributed by atoms with Crippen molar-refractivity contribution in [3.8, 4) is 0 Å². The number of rotatable bonds is 5. The zero-order valence-electron chi connectivity index (χ0n) is 8.53. The first-order chi connectivity index (χ1) is 6.79.